The van der Waals surface area contributed by atoms with Crippen molar-refractivity contribution in [2.75, 3.05) is 11.1 Å². The van der Waals surface area contributed by atoms with E-state index in [9.17, 15) is 9.18 Å². The van der Waals surface area contributed by atoms with Crippen molar-refractivity contribution < 1.29 is 9.18 Å². The van der Waals surface area contributed by atoms with Gasteiger partial charge in [0.2, 0.25) is 0 Å². The lowest BCUT2D eigenvalue weighted by Gasteiger charge is -2.09. The van der Waals surface area contributed by atoms with Gasteiger partial charge in [-0.3, -0.25) is 4.79 Å². The quantitative estimate of drug-likeness (QED) is 0.659. The Balaban J connectivity index is 2.28. The van der Waals surface area contributed by atoms with E-state index in [1.54, 1.807) is 19.1 Å². The molecule has 3 N–H and O–H groups in total. The molecule has 0 radical (unpaired) electrons. The lowest BCUT2D eigenvalue weighted by Crippen LogP contribution is -2.15. The van der Waals surface area contributed by atoms with Gasteiger partial charge < -0.3 is 11.1 Å². The van der Waals surface area contributed by atoms with Gasteiger partial charge in [-0.2, -0.15) is 0 Å². The number of carbonyl (C=O) groups excluding carboxylic acids is 1. The summed E-state index contributed by atoms with van der Waals surface area (Å²) in [6, 6.07) is 7.53. The SMILES string of the molecule is Cc1nc(Br)ccc1NC(=O)c1cccc(F)c1N. The maximum Gasteiger partial charge on any atom is 0.257 e. The molecule has 98 valence electrons. The van der Waals surface area contributed by atoms with Crippen LogP contribution < -0.4 is 11.1 Å². The molecule has 1 amide bonds. The fourth-order valence-corrected chi connectivity index (χ4v) is 1.99. The van der Waals surface area contributed by atoms with Crippen LogP contribution in [0.3, 0.4) is 0 Å². The van der Waals surface area contributed by atoms with Gasteiger partial charge in [-0.25, -0.2) is 9.37 Å². The Labute approximate surface area is 118 Å². The van der Waals surface area contributed by atoms with Crippen molar-refractivity contribution in [2.45, 2.75) is 6.92 Å². The molecule has 1 aromatic carbocycles. The first-order valence-corrected chi connectivity index (χ1v) is 6.27. The highest BCUT2D eigenvalue weighted by Crippen LogP contribution is 2.20. The zero-order valence-electron chi connectivity index (χ0n) is 10.1. The predicted molar refractivity (Wildman–Crippen MR) is 75.4 cm³/mol. The minimum absolute atomic E-state index is 0.0994. The normalized spacial score (nSPS) is 10.3. The molecule has 6 heteroatoms. The number of nitrogen functional groups attached to an aromatic ring is 1. The number of nitrogens with one attached hydrogen (secondary N) is 1. The summed E-state index contributed by atoms with van der Waals surface area (Å²) in [5.74, 6) is -1.08. The van der Waals surface area contributed by atoms with E-state index in [0.717, 1.165) is 0 Å². The maximum absolute atomic E-state index is 13.3. The van der Waals surface area contributed by atoms with E-state index in [-0.39, 0.29) is 11.3 Å². The first kappa shape index (κ1) is 13.5. The molecule has 0 saturated heterocycles. The smallest absolute Gasteiger partial charge is 0.257 e. The average molecular weight is 324 g/mol. The Morgan fingerprint density at radius 2 is 2.11 bits per heavy atom. The number of nitrogens with two attached hydrogens (primary N) is 1. The monoisotopic (exact) mass is 323 g/mol. The number of para-hydroxylation sites is 1. The number of carbonyl (C=O) groups is 1. The van der Waals surface area contributed by atoms with Crippen molar-refractivity contribution in [3.63, 3.8) is 0 Å². The molecule has 0 saturated carbocycles. The molecule has 0 spiro atoms. The highest BCUT2D eigenvalue weighted by atomic mass is 79.9. The van der Waals surface area contributed by atoms with Gasteiger partial charge in [0.25, 0.3) is 5.91 Å². The van der Waals surface area contributed by atoms with Crippen molar-refractivity contribution in [3.05, 3.63) is 52.0 Å². The van der Waals surface area contributed by atoms with Crippen LogP contribution in [0, 0.1) is 12.7 Å². The standard InChI is InChI=1S/C13H11BrFN3O/c1-7-10(5-6-11(14)17-7)18-13(19)8-3-2-4-9(15)12(8)16/h2-6H,16H2,1H3,(H,18,19). The first-order valence-electron chi connectivity index (χ1n) is 5.47. The maximum atomic E-state index is 13.3. The van der Waals surface area contributed by atoms with Gasteiger partial charge >= 0.3 is 0 Å². The molecule has 0 bridgehead atoms. The van der Waals surface area contributed by atoms with E-state index in [1.165, 1.54) is 18.2 Å². The largest absolute Gasteiger partial charge is 0.396 e. The highest BCUT2D eigenvalue weighted by Gasteiger charge is 2.13. The summed E-state index contributed by atoms with van der Waals surface area (Å²) in [7, 11) is 0. The fraction of sp³-hybridized carbons (Fsp3) is 0.0769. The molecule has 4 nitrogen and oxygen atoms in total. The molecule has 0 aliphatic heterocycles. The summed E-state index contributed by atoms with van der Waals surface area (Å²) in [6.07, 6.45) is 0. The number of aromatic nitrogens is 1. The van der Waals surface area contributed by atoms with Gasteiger partial charge in [0.1, 0.15) is 10.4 Å². The van der Waals surface area contributed by atoms with Crippen LogP contribution in [0.1, 0.15) is 16.1 Å². The number of halogens is 2. The number of benzene rings is 1. The summed E-state index contributed by atoms with van der Waals surface area (Å²) in [5.41, 5.74) is 6.68. The first-order chi connectivity index (χ1) is 8.99. The molecule has 2 rings (SSSR count). The summed E-state index contributed by atoms with van der Waals surface area (Å²) < 4.78 is 14.0. The van der Waals surface area contributed by atoms with Crippen LogP contribution in [0.25, 0.3) is 0 Å². The number of rotatable bonds is 2. The van der Waals surface area contributed by atoms with Crippen LogP contribution >= 0.6 is 15.9 Å². The minimum Gasteiger partial charge on any atom is -0.396 e. The number of nitrogens with zero attached hydrogens (tertiary/aromatic N) is 1. The second-order valence-electron chi connectivity index (χ2n) is 3.92. The lowest BCUT2D eigenvalue weighted by atomic mass is 10.1. The molecule has 1 heterocycles. The summed E-state index contributed by atoms with van der Waals surface area (Å²) >= 11 is 3.24. The van der Waals surface area contributed by atoms with Crippen molar-refractivity contribution in [3.8, 4) is 0 Å². The minimum atomic E-state index is -0.613. The third kappa shape index (κ3) is 2.90. The number of pyridine rings is 1. The molecular weight excluding hydrogens is 313 g/mol. The molecule has 0 unspecified atom stereocenters. The van der Waals surface area contributed by atoms with Gasteiger partial charge in [-0.05, 0) is 47.1 Å². The third-order valence-electron chi connectivity index (χ3n) is 2.60. The highest BCUT2D eigenvalue weighted by molar-refractivity contribution is 9.10. The van der Waals surface area contributed by atoms with Crippen molar-refractivity contribution in [1.82, 2.24) is 4.98 Å². The third-order valence-corrected chi connectivity index (χ3v) is 3.04. The van der Waals surface area contributed by atoms with E-state index >= 15 is 0 Å². The Morgan fingerprint density at radius 3 is 2.79 bits per heavy atom. The van der Waals surface area contributed by atoms with Crippen molar-refractivity contribution in [2.24, 2.45) is 0 Å². The van der Waals surface area contributed by atoms with E-state index < -0.39 is 11.7 Å². The van der Waals surface area contributed by atoms with E-state index in [0.29, 0.717) is 16.0 Å². The molecule has 19 heavy (non-hydrogen) atoms. The number of hydrogen-bond acceptors (Lipinski definition) is 3. The molecule has 0 fully saturated rings. The Kier molecular flexibility index (Phi) is 3.80. The lowest BCUT2D eigenvalue weighted by molar-refractivity contribution is 0.102. The Morgan fingerprint density at radius 1 is 1.37 bits per heavy atom. The van der Waals surface area contributed by atoms with E-state index in [2.05, 4.69) is 26.2 Å². The van der Waals surface area contributed by atoms with Gasteiger partial charge in [0.05, 0.1) is 22.6 Å². The molecule has 0 aliphatic carbocycles. The van der Waals surface area contributed by atoms with Gasteiger partial charge in [0.15, 0.2) is 0 Å². The van der Waals surface area contributed by atoms with E-state index in [1.807, 2.05) is 0 Å². The van der Waals surface area contributed by atoms with Gasteiger partial charge in [-0.15, -0.1) is 0 Å². The molecule has 1 aromatic heterocycles. The van der Waals surface area contributed by atoms with Gasteiger partial charge in [-0.1, -0.05) is 6.07 Å². The van der Waals surface area contributed by atoms with Crippen LogP contribution in [-0.4, -0.2) is 10.9 Å². The van der Waals surface area contributed by atoms with Crippen molar-refractivity contribution in [1.29, 1.82) is 0 Å². The number of aryl methyl sites for hydroxylation is 1. The van der Waals surface area contributed by atoms with Crippen molar-refractivity contribution >= 4 is 33.2 Å². The average Bonchev–Trinajstić information content (AvgIpc) is 2.36. The zero-order chi connectivity index (χ0) is 14.0. The second kappa shape index (κ2) is 5.36. The predicted octanol–water partition coefficient (Wildman–Crippen LogP) is 3.13. The fourth-order valence-electron chi connectivity index (χ4n) is 1.59. The number of anilines is 2. The van der Waals surface area contributed by atoms with E-state index in [4.69, 9.17) is 5.73 Å². The van der Waals surface area contributed by atoms with Crippen LogP contribution in [-0.2, 0) is 0 Å². The molecule has 2 aromatic rings. The van der Waals surface area contributed by atoms with Crippen LogP contribution in [0.15, 0.2) is 34.9 Å². The topological polar surface area (TPSA) is 68.0 Å². The molecular formula is C13H11BrFN3O. The van der Waals surface area contributed by atoms with Crippen LogP contribution in [0.2, 0.25) is 0 Å². The molecule has 0 atom stereocenters. The summed E-state index contributed by atoms with van der Waals surface area (Å²) in [5, 5.41) is 2.65. The Bertz CT molecular complexity index is 646. The Hall–Kier alpha value is -1.95. The number of hydrogen-bond donors (Lipinski definition) is 2. The van der Waals surface area contributed by atoms with Crippen LogP contribution in [0.4, 0.5) is 15.8 Å². The van der Waals surface area contributed by atoms with Crippen LogP contribution in [0.5, 0.6) is 0 Å². The summed E-state index contributed by atoms with van der Waals surface area (Å²) in [6.45, 7) is 1.76. The molecule has 0 aliphatic rings. The zero-order valence-corrected chi connectivity index (χ0v) is 11.7. The number of amides is 1. The summed E-state index contributed by atoms with van der Waals surface area (Å²) in [4.78, 5) is 16.2. The van der Waals surface area contributed by atoms with Gasteiger partial charge in [0, 0.05) is 0 Å². The second-order valence-corrected chi connectivity index (χ2v) is 4.73.